The maximum absolute atomic E-state index is 13.9. The van der Waals surface area contributed by atoms with Crippen molar-refractivity contribution in [2.75, 3.05) is 17.1 Å². The molecule has 0 radical (unpaired) electrons. The van der Waals surface area contributed by atoms with Crippen molar-refractivity contribution >= 4 is 55.1 Å². The van der Waals surface area contributed by atoms with Gasteiger partial charge in [0.1, 0.15) is 6.04 Å². The zero-order valence-electron chi connectivity index (χ0n) is 23.8. The van der Waals surface area contributed by atoms with Crippen molar-refractivity contribution in [3.8, 4) is 0 Å². The SMILES string of the molecule is CC(C)(C)NC(=O)[C@H](Cc1ccccc1)N(Cc1cccc(Br)c1)C(=O)CCCN(c1cccc(Cl)c1)S(C)(=O)=O. The fourth-order valence-corrected chi connectivity index (χ4v) is 6.06. The highest BCUT2D eigenvalue weighted by molar-refractivity contribution is 9.10. The molecule has 3 rings (SSSR count). The number of hydrogen-bond donors (Lipinski definition) is 1. The third-order valence-electron chi connectivity index (χ3n) is 6.26. The molecule has 7 nitrogen and oxygen atoms in total. The summed E-state index contributed by atoms with van der Waals surface area (Å²) < 4.78 is 27.3. The van der Waals surface area contributed by atoms with Gasteiger partial charge in [-0.1, -0.05) is 76.1 Å². The number of halogens is 2. The van der Waals surface area contributed by atoms with E-state index in [2.05, 4.69) is 21.2 Å². The van der Waals surface area contributed by atoms with Gasteiger partial charge in [0.25, 0.3) is 0 Å². The molecular weight excluding hydrogens is 626 g/mol. The van der Waals surface area contributed by atoms with Gasteiger partial charge >= 0.3 is 0 Å². The van der Waals surface area contributed by atoms with Gasteiger partial charge in [-0.05, 0) is 68.7 Å². The summed E-state index contributed by atoms with van der Waals surface area (Å²) in [7, 11) is -3.62. The summed E-state index contributed by atoms with van der Waals surface area (Å²) in [6, 6.07) is 23.1. The number of carbonyl (C=O) groups is 2. The second kappa shape index (κ2) is 14.3. The minimum Gasteiger partial charge on any atom is -0.350 e. The smallest absolute Gasteiger partial charge is 0.243 e. The quantitative estimate of drug-likeness (QED) is 0.250. The number of nitrogens with one attached hydrogen (secondary N) is 1. The summed E-state index contributed by atoms with van der Waals surface area (Å²) >= 11 is 9.60. The molecule has 220 valence electrons. The lowest BCUT2D eigenvalue weighted by atomic mass is 10.00. The van der Waals surface area contributed by atoms with Crippen LogP contribution >= 0.6 is 27.5 Å². The normalized spacial score (nSPS) is 12.4. The maximum Gasteiger partial charge on any atom is 0.243 e. The van der Waals surface area contributed by atoms with E-state index in [1.54, 1.807) is 29.2 Å². The molecule has 1 atom stereocenters. The van der Waals surface area contributed by atoms with Crippen molar-refractivity contribution in [2.24, 2.45) is 0 Å². The number of anilines is 1. The summed E-state index contributed by atoms with van der Waals surface area (Å²) in [5.74, 6) is -0.490. The average molecular weight is 663 g/mol. The fourth-order valence-electron chi connectivity index (χ4n) is 4.47. The Morgan fingerprint density at radius 3 is 2.22 bits per heavy atom. The van der Waals surface area contributed by atoms with Crippen LogP contribution in [0.3, 0.4) is 0 Å². The molecule has 0 unspecified atom stereocenters. The van der Waals surface area contributed by atoms with E-state index < -0.39 is 21.6 Å². The molecule has 0 bridgehead atoms. The first kappa shape index (κ1) is 32.6. The Balaban J connectivity index is 1.90. The van der Waals surface area contributed by atoms with Crippen molar-refractivity contribution in [3.63, 3.8) is 0 Å². The summed E-state index contributed by atoms with van der Waals surface area (Å²) in [6.45, 7) is 6.02. The van der Waals surface area contributed by atoms with Crippen LogP contribution in [-0.2, 0) is 32.6 Å². The van der Waals surface area contributed by atoms with Gasteiger partial charge in [0, 0.05) is 41.0 Å². The molecule has 2 amide bonds. The topological polar surface area (TPSA) is 86.8 Å². The third-order valence-corrected chi connectivity index (χ3v) is 8.18. The van der Waals surface area contributed by atoms with E-state index in [0.717, 1.165) is 21.9 Å². The minimum atomic E-state index is -3.62. The lowest BCUT2D eigenvalue weighted by Gasteiger charge is -2.34. The van der Waals surface area contributed by atoms with Gasteiger partial charge in [0.15, 0.2) is 0 Å². The molecular formula is C31H37BrClN3O4S. The monoisotopic (exact) mass is 661 g/mol. The molecule has 3 aromatic rings. The van der Waals surface area contributed by atoms with E-state index >= 15 is 0 Å². The minimum absolute atomic E-state index is 0.0503. The first-order chi connectivity index (χ1) is 19.2. The highest BCUT2D eigenvalue weighted by Gasteiger charge is 2.32. The van der Waals surface area contributed by atoms with Gasteiger partial charge in [-0.25, -0.2) is 8.42 Å². The number of carbonyl (C=O) groups excluding carboxylic acids is 2. The van der Waals surface area contributed by atoms with Crippen LogP contribution in [0.2, 0.25) is 5.02 Å². The molecule has 0 aliphatic rings. The molecule has 0 aromatic heterocycles. The molecule has 3 aromatic carbocycles. The first-order valence-corrected chi connectivity index (χ1v) is 16.4. The Bertz CT molecular complexity index is 1440. The van der Waals surface area contributed by atoms with Crippen LogP contribution in [0.25, 0.3) is 0 Å². The van der Waals surface area contributed by atoms with Gasteiger partial charge in [-0.15, -0.1) is 0 Å². The highest BCUT2D eigenvalue weighted by atomic mass is 79.9. The Labute approximate surface area is 257 Å². The maximum atomic E-state index is 13.9. The first-order valence-electron chi connectivity index (χ1n) is 13.4. The number of nitrogens with zero attached hydrogens (tertiary/aromatic N) is 2. The van der Waals surface area contributed by atoms with Crippen LogP contribution < -0.4 is 9.62 Å². The molecule has 0 heterocycles. The van der Waals surface area contributed by atoms with Crippen molar-refractivity contribution in [2.45, 2.75) is 58.2 Å². The van der Waals surface area contributed by atoms with Crippen LogP contribution in [0.5, 0.6) is 0 Å². The average Bonchev–Trinajstić information content (AvgIpc) is 2.87. The van der Waals surface area contributed by atoms with Crippen molar-refractivity contribution in [3.05, 3.63) is 99.5 Å². The Morgan fingerprint density at radius 2 is 1.61 bits per heavy atom. The second-order valence-corrected chi connectivity index (χ2v) is 14.3. The van der Waals surface area contributed by atoms with Gasteiger partial charge in [-0.2, -0.15) is 0 Å². The zero-order chi connectivity index (χ0) is 30.2. The number of benzene rings is 3. The Morgan fingerprint density at radius 1 is 0.951 bits per heavy atom. The largest absolute Gasteiger partial charge is 0.350 e. The van der Waals surface area contributed by atoms with Gasteiger partial charge in [-0.3, -0.25) is 13.9 Å². The molecule has 0 aliphatic carbocycles. The lowest BCUT2D eigenvalue weighted by Crippen LogP contribution is -2.54. The number of rotatable bonds is 12. The van der Waals surface area contributed by atoms with E-state index in [1.807, 2.05) is 75.4 Å². The van der Waals surface area contributed by atoms with Crippen LogP contribution in [0, 0.1) is 0 Å². The molecule has 0 saturated heterocycles. The van der Waals surface area contributed by atoms with Crippen LogP contribution in [0.15, 0.2) is 83.3 Å². The van der Waals surface area contributed by atoms with Crippen LogP contribution in [0.4, 0.5) is 5.69 Å². The number of hydrogen-bond acceptors (Lipinski definition) is 4. The van der Waals surface area contributed by atoms with E-state index in [-0.39, 0.29) is 37.7 Å². The predicted octanol–water partition coefficient (Wildman–Crippen LogP) is 6.20. The standard InChI is InChI=1S/C31H37BrClN3O4S/c1-31(2,3)34-30(38)28(20-23-11-6-5-7-12-23)35(22-24-13-8-14-25(32)19-24)29(37)17-10-18-36(41(4,39)40)27-16-9-15-26(33)21-27/h5-9,11-16,19,21,28H,10,17-18,20,22H2,1-4H3,(H,34,38)/t28-/m0/s1. The predicted molar refractivity (Wildman–Crippen MR) is 169 cm³/mol. The summed E-state index contributed by atoms with van der Waals surface area (Å²) in [5.41, 5.74) is 1.73. The van der Waals surface area contributed by atoms with Gasteiger partial charge in [0.2, 0.25) is 21.8 Å². The van der Waals surface area contributed by atoms with Crippen LogP contribution in [0.1, 0.15) is 44.7 Å². The second-order valence-electron chi connectivity index (χ2n) is 11.0. The Hall–Kier alpha value is -2.88. The Kier molecular flexibility index (Phi) is 11.4. The van der Waals surface area contributed by atoms with E-state index in [9.17, 15) is 18.0 Å². The molecule has 10 heteroatoms. The molecule has 41 heavy (non-hydrogen) atoms. The molecule has 1 N–H and O–H groups in total. The number of sulfonamides is 1. The molecule has 0 saturated carbocycles. The molecule has 0 aliphatic heterocycles. The van der Waals surface area contributed by atoms with Crippen molar-refractivity contribution < 1.29 is 18.0 Å². The summed E-state index contributed by atoms with van der Waals surface area (Å²) in [5, 5.41) is 3.47. The van der Waals surface area contributed by atoms with Crippen molar-refractivity contribution in [1.82, 2.24) is 10.2 Å². The molecule has 0 spiro atoms. The van der Waals surface area contributed by atoms with Crippen molar-refractivity contribution in [1.29, 1.82) is 0 Å². The summed E-state index contributed by atoms with van der Waals surface area (Å²) in [6.07, 6.45) is 1.77. The highest BCUT2D eigenvalue weighted by Crippen LogP contribution is 2.23. The van der Waals surface area contributed by atoms with E-state index in [1.165, 1.54) is 4.31 Å². The van der Waals surface area contributed by atoms with Gasteiger partial charge in [0.05, 0.1) is 11.9 Å². The van der Waals surface area contributed by atoms with E-state index in [4.69, 9.17) is 11.6 Å². The zero-order valence-corrected chi connectivity index (χ0v) is 27.0. The van der Waals surface area contributed by atoms with Crippen LogP contribution in [-0.4, -0.2) is 49.5 Å². The number of amides is 2. The fraction of sp³-hybridized carbons (Fsp3) is 0.355. The van der Waals surface area contributed by atoms with Gasteiger partial charge < -0.3 is 10.2 Å². The summed E-state index contributed by atoms with van der Waals surface area (Å²) in [4.78, 5) is 29.2. The van der Waals surface area contributed by atoms with E-state index in [0.29, 0.717) is 17.1 Å². The lowest BCUT2D eigenvalue weighted by molar-refractivity contribution is -0.142. The third kappa shape index (κ3) is 10.5. The molecule has 0 fully saturated rings.